The lowest BCUT2D eigenvalue weighted by molar-refractivity contribution is -0.149. The first-order valence-electron chi connectivity index (χ1n) is 6.47. The molecule has 0 radical (unpaired) electrons. The molecule has 6 nitrogen and oxygen atoms in total. The number of hydrogen-bond acceptors (Lipinski definition) is 6. The second-order valence-corrected chi connectivity index (χ2v) is 5.87. The molecule has 1 aromatic rings. The van der Waals surface area contributed by atoms with E-state index in [9.17, 15) is 4.79 Å². The molecule has 0 spiro atoms. The van der Waals surface area contributed by atoms with Gasteiger partial charge in [0, 0.05) is 18.8 Å². The van der Waals surface area contributed by atoms with Crippen molar-refractivity contribution in [2.75, 3.05) is 12.4 Å². The number of thioether (sulfide) groups is 1. The Balaban J connectivity index is 2.00. The van der Waals surface area contributed by atoms with Gasteiger partial charge in [0.1, 0.15) is 11.9 Å². The summed E-state index contributed by atoms with van der Waals surface area (Å²) in [6.45, 7) is 4.12. The fraction of sp³-hybridized carbons (Fsp3) is 0.750. The maximum absolute atomic E-state index is 12.1. The molecule has 1 saturated carbocycles. The number of aryl methyl sites for hydroxylation is 1. The molecule has 0 saturated heterocycles. The first-order valence-corrected chi connectivity index (χ1v) is 7.45. The lowest BCUT2D eigenvalue weighted by atomic mass is 10.1. The number of rotatable bonds is 7. The number of nitrogens with one attached hydrogen (secondary N) is 1. The lowest BCUT2D eigenvalue weighted by Gasteiger charge is -2.28. The molecule has 1 heterocycles. The predicted molar refractivity (Wildman–Crippen MR) is 72.9 cm³/mol. The zero-order valence-electron chi connectivity index (χ0n) is 11.5. The van der Waals surface area contributed by atoms with E-state index in [0.717, 1.165) is 18.0 Å². The molecule has 19 heavy (non-hydrogen) atoms. The van der Waals surface area contributed by atoms with Crippen LogP contribution in [0.15, 0.2) is 11.5 Å². The van der Waals surface area contributed by atoms with Crippen LogP contribution < -0.4 is 5.32 Å². The van der Waals surface area contributed by atoms with Gasteiger partial charge in [-0.15, -0.1) is 0 Å². The van der Waals surface area contributed by atoms with Crippen molar-refractivity contribution in [1.29, 1.82) is 0 Å². The molecule has 0 aromatic carbocycles. The number of ether oxygens (including phenoxy) is 1. The van der Waals surface area contributed by atoms with E-state index < -0.39 is 5.54 Å². The van der Waals surface area contributed by atoms with E-state index in [4.69, 9.17) is 4.74 Å². The Morgan fingerprint density at radius 1 is 1.68 bits per heavy atom. The molecular formula is C12H20N4O2S. The minimum Gasteiger partial charge on any atom is -0.465 e. The molecule has 1 aliphatic carbocycles. The molecule has 1 fully saturated rings. The van der Waals surface area contributed by atoms with Crippen molar-refractivity contribution < 1.29 is 9.53 Å². The molecule has 106 valence electrons. The fourth-order valence-electron chi connectivity index (χ4n) is 1.75. The van der Waals surface area contributed by atoms with Crippen molar-refractivity contribution in [2.24, 2.45) is 7.05 Å². The minimum atomic E-state index is -0.673. The Hall–Kier alpha value is -1.08. The van der Waals surface area contributed by atoms with Crippen molar-refractivity contribution in [3.8, 4) is 0 Å². The molecule has 1 atom stereocenters. The second-order valence-electron chi connectivity index (χ2n) is 4.93. The number of nitrogens with zero attached hydrogens (tertiary/aromatic N) is 3. The quantitative estimate of drug-likeness (QED) is 0.594. The van der Waals surface area contributed by atoms with Crippen LogP contribution in [-0.4, -0.2) is 44.7 Å². The number of aromatic nitrogens is 3. The number of hydrogen-bond donors (Lipinski definition) is 1. The van der Waals surface area contributed by atoms with E-state index in [2.05, 4.69) is 15.4 Å². The molecule has 0 aliphatic heterocycles. The molecular weight excluding hydrogens is 264 g/mol. The van der Waals surface area contributed by atoms with Crippen molar-refractivity contribution >= 4 is 17.7 Å². The van der Waals surface area contributed by atoms with Gasteiger partial charge in [0.25, 0.3) is 0 Å². The Morgan fingerprint density at radius 2 is 2.42 bits per heavy atom. The van der Waals surface area contributed by atoms with E-state index in [1.807, 2.05) is 20.9 Å². The van der Waals surface area contributed by atoms with Crippen molar-refractivity contribution in [1.82, 2.24) is 20.1 Å². The second kappa shape index (κ2) is 5.92. The maximum Gasteiger partial charge on any atom is 0.326 e. The van der Waals surface area contributed by atoms with Gasteiger partial charge in [0.05, 0.1) is 6.61 Å². The summed E-state index contributed by atoms with van der Waals surface area (Å²) in [6, 6.07) is 0.439. The van der Waals surface area contributed by atoms with Gasteiger partial charge >= 0.3 is 5.97 Å². The highest BCUT2D eigenvalue weighted by Crippen LogP contribution is 2.27. The first kappa shape index (κ1) is 14.3. The lowest BCUT2D eigenvalue weighted by Crippen LogP contribution is -2.53. The van der Waals surface area contributed by atoms with Crippen LogP contribution in [0.3, 0.4) is 0 Å². The Morgan fingerprint density at radius 3 is 2.95 bits per heavy atom. The van der Waals surface area contributed by atoms with Gasteiger partial charge in [-0.05, 0) is 26.7 Å². The number of esters is 1. The molecule has 1 aromatic heterocycles. The van der Waals surface area contributed by atoms with Crippen LogP contribution in [-0.2, 0) is 16.6 Å². The summed E-state index contributed by atoms with van der Waals surface area (Å²) in [4.78, 5) is 16.3. The highest BCUT2D eigenvalue weighted by Gasteiger charge is 2.40. The van der Waals surface area contributed by atoms with Gasteiger partial charge < -0.3 is 4.74 Å². The van der Waals surface area contributed by atoms with Crippen LogP contribution in [0.5, 0.6) is 0 Å². The standard InChI is InChI=1S/C12H20N4O2S/c1-4-18-10(17)12(2,15-9-5-6-9)7-19-11-13-8-14-16(11)3/h8-9,15H,4-7H2,1-3H3. The van der Waals surface area contributed by atoms with Crippen molar-refractivity contribution in [2.45, 2.75) is 43.4 Å². The summed E-state index contributed by atoms with van der Waals surface area (Å²) in [5, 5.41) is 8.20. The minimum absolute atomic E-state index is 0.198. The SMILES string of the molecule is CCOC(=O)C(C)(CSc1ncnn1C)NC1CC1. The first-order chi connectivity index (χ1) is 9.05. The predicted octanol–water partition coefficient (Wildman–Crippen LogP) is 0.981. The average molecular weight is 284 g/mol. The average Bonchev–Trinajstić information content (AvgIpc) is 3.08. The molecule has 1 aliphatic rings. The summed E-state index contributed by atoms with van der Waals surface area (Å²) in [5.74, 6) is 0.381. The molecule has 1 unspecified atom stereocenters. The molecule has 0 amide bonds. The molecule has 2 rings (SSSR count). The summed E-state index contributed by atoms with van der Waals surface area (Å²) in [5.41, 5.74) is -0.673. The smallest absolute Gasteiger partial charge is 0.326 e. The topological polar surface area (TPSA) is 69.0 Å². The molecule has 7 heteroatoms. The number of carbonyl (C=O) groups is 1. The van der Waals surface area contributed by atoms with Crippen molar-refractivity contribution in [3.63, 3.8) is 0 Å². The van der Waals surface area contributed by atoms with E-state index >= 15 is 0 Å². The molecule has 0 bridgehead atoms. The Kier molecular flexibility index (Phi) is 4.46. The summed E-state index contributed by atoms with van der Waals surface area (Å²) >= 11 is 1.51. The summed E-state index contributed by atoms with van der Waals surface area (Å²) < 4.78 is 6.88. The van der Waals surface area contributed by atoms with Crippen LogP contribution in [0, 0.1) is 0 Å². The zero-order chi connectivity index (χ0) is 13.9. The summed E-state index contributed by atoms with van der Waals surface area (Å²) in [7, 11) is 1.84. The maximum atomic E-state index is 12.1. The van der Waals surface area contributed by atoms with Gasteiger partial charge in [-0.3, -0.25) is 10.1 Å². The third kappa shape index (κ3) is 3.70. The Labute approximate surface area is 117 Å². The van der Waals surface area contributed by atoms with Crippen LogP contribution >= 0.6 is 11.8 Å². The van der Waals surface area contributed by atoms with Gasteiger partial charge in [0.2, 0.25) is 0 Å². The van der Waals surface area contributed by atoms with E-state index in [1.54, 1.807) is 4.68 Å². The molecule has 1 N–H and O–H groups in total. The third-order valence-electron chi connectivity index (χ3n) is 2.99. The normalized spacial score (nSPS) is 18.1. The third-order valence-corrected chi connectivity index (χ3v) is 4.34. The fourth-order valence-corrected chi connectivity index (χ4v) is 2.73. The van der Waals surface area contributed by atoms with E-state index in [1.165, 1.54) is 18.1 Å². The summed E-state index contributed by atoms with van der Waals surface area (Å²) in [6.07, 6.45) is 3.77. The van der Waals surface area contributed by atoms with Gasteiger partial charge in [-0.2, -0.15) is 5.10 Å². The zero-order valence-corrected chi connectivity index (χ0v) is 12.4. The van der Waals surface area contributed by atoms with Gasteiger partial charge in [0.15, 0.2) is 5.16 Å². The van der Waals surface area contributed by atoms with Crippen LogP contribution in [0.2, 0.25) is 0 Å². The van der Waals surface area contributed by atoms with Crippen LogP contribution in [0.1, 0.15) is 26.7 Å². The monoisotopic (exact) mass is 284 g/mol. The largest absolute Gasteiger partial charge is 0.465 e. The van der Waals surface area contributed by atoms with E-state index in [0.29, 0.717) is 18.4 Å². The van der Waals surface area contributed by atoms with E-state index in [-0.39, 0.29) is 5.97 Å². The highest BCUT2D eigenvalue weighted by atomic mass is 32.2. The van der Waals surface area contributed by atoms with Crippen LogP contribution in [0.25, 0.3) is 0 Å². The van der Waals surface area contributed by atoms with Crippen molar-refractivity contribution in [3.05, 3.63) is 6.33 Å². The highest BCUT2D eigenvalue weighted by molar-refractivity contribution is 7.99. The van der Waals surface area contributed by atoms with Gasteiger partial charge in [-0.1, -0.05) is 11.8 Å². The number of carbonyl (C=O) groups excluding carboxylic acids is 1. The Bertz CT molecular complexity index is 447. The van der Waals surface area contributed by atoms with Gasteiger partial charge in [-0.25, -0.2) is 9.67 Å². The van der Waals surface area contributed by atoms with Crippen LogP contribution in [0.4, 0.5) is 0 Å².